The molecule has 2 N–H and O–H groups in total. The first kappa shape index (κ1) is 15.5. The smallest absolute Gasteiger partial charge is 0.269 e. The summed E-state index contributed by atoms with van der Waals surface area (Å²) >= 11 is 0. The topological polar surface area (TPSA) is 97.4 Å². The molecule has 0 unspecified atom stereocenters. The predicted octanol–water partition coefficient (Wildman–Crippen LogP) is 1.19. The minimum atomic E-state index is -0.411. The van der Waals surface area contributed by atoms with Crippen LogP contribution < -0.4 is 10.6 Å². The Morgan fingerprint density at radius 1 is 1.27 bits per heavy atom. The van der Waals surface area contributed by atoms with E-state index in [1.165, 1.54) is 12.1 Å². The number of hydrogen-bond donors (Lipinski definition) is 2. The molecule has 1 aromatic carbocycles. The molecule has 0 radical (unpaired) electrons. The Bertz CT molecular complexity index is 662. The van der Waals surface area contributed by atoms with Gasteiger partial charge in [-0.25, -0.2) is 0 Å². The van der Waals surface area contributed by atoms with Crippen LogP contribution in [-0.2, 0) is 20.1 Å². The monoisotopic (exact) mass is 302 g/mol. The predicted molar refractivity (Wildman–Crippen MR) is 83.3 cm³/mol. The van der Waals surface area contributed by atoms with Crippen LogP contribution in [-0.4, -0.2) is 27.7 Å². The Kier molecular flexibility index (Phi) is 5.07. The summed E-state index contributed by atoms with van der Waals surface area (Å²) in [6.45, 7) is 1.14. The van der Waals surface area contributed by atoms with E-state index >= 15 is 0 Å². The van der Waals surface area contributed by atoms with Crippen molar-refractivity contribution in [3.63, 3.8) is 0 Å². The molecular weight excluding hydrogens is 284 g/mol. The number of nitro groups is 1. The van der Waals surface area contributed by atoms with Gasteiger partial charge in [-0.2, -0.15) is 5.10 Å². The van der Waals surface area contributed by atoms with Gasteiger partial charge in [0.15, 0.2) is 5.96 Å². The van der Waals surface area contributed by atoms with Crippen LogP contribution in [0.1, 0.15) is 11.3 Å². The summed E-state index contributed by atoms with van der Waals surface area (Å²) in [5, 5.41) is 21.0. The number of rotatable bonds is 5. The second kappa shape index (κ2) is 7.21. The fourth-order valence-electron chi connectivity index (χ4n) is 1.89. The van der Waals surface area contributed by atoms with Gasteiger partial charge in [0.25, 0.3) is 5.69 Å². The van der Waals surface area contributed by atoms with E-state index in [-0.39, 0.29) is 5.69 Å². The van der Waals surface area contributed by atoms with Crippen molar-refractivity contribution >= 4 is 11.6 Å². The highest BCUT2D eigenvalue weighted by molar-refractivity contribution is 5.79. The van der Waals surface area contributed by atoms with Gasteiger partial charge in [0.05, 0.1) is 17.2 Å². The third-order valence-electron chi connectivity index (χ3n) is 3.19. The summed E-state index contributed by atoms with van der Waals surface area (Å²) in [4.78, 5) is 14.3. The molecule has 0 atom stereocenters. The molecule has 116 valence electrons. The largest absolute Gasteiger partial charge is 0.352 e. The van der Waals surface area contributed by atoms with Crippen molar-refractivity contribution < 1.29 is 4.92 Å². The Labute approximate surface area is 128 Å². The van der Waals surface area contributed by atoms with Crippen LogP contribution in [0, 0.1) is 10.1 Å². The molecule has 0 aliphatic rings. The quantitative estimate of drug-likeness (QED) is 0.374. The summed E-state index contributed by atoms with van der Waals surface area (Å²) in [6, 6.07) is 8.35. The van der Waals surface area contributed by atoms with Crippen LogP contribution in [0.5, 0.6) is 0 Å². The van der Waals surface area contributed by atoms with Crippen molar-refractivity contribution in [3.05, 3.63) is 57.9 Å². The molecule has 2 aromatic rings. The van der Waals surface area contributed by atoms with E-state index < -0.39 is 4.92 Å². The van der Waals surface area contributed by atoms with Crippen molar-refractivity contribution in [1.82, 2.24) is 20.4 Å². The molecule has 8 heteroatoms. The van der Waals surface area contributed by atoms with Gasteiger partial charge in [-0.3, -0.25) is 19.8 Å². The number of aromatic nitrogens is 2. The fraction of sp³-hybridized carbons (Fsp3) is 0.286. The number of hydrogen-bond acceptors (Lipinski definition) is 4. The van der Waals surface area contributed by atoms with Crippen LogP contribution in [0.25, 0.3) is 0 Å². The molecule has 2 rings (SSSR count). The van der Waals surface area contributed by atoms with E-state index in [0.29, 0.717) is 19.0 Å². The number of nitro benzene ring substituents is 1. The van der Waals surface area contributed by atoms with Gasteiger partial charge in [0.1, 0.15) is 0 Å². The van der Waals surface area contributed by atoms with Gasteiger partial charge in [0, 0.05) is 39.0 Å². The first-order valence-corrected chi connectivity index (χ1v) is 6.75. The summed E-state index contributed by atoms with van der Waals surface area (Å²) in [5.74, 6) is 0.652. The highest BCUT2D eigenvalue weighted by Gasteiger charge is 2.05. The Morgan fingerprint density at radius 2 is 1.95 bits per heavy atom. The maximum absolute atomic E-state index is 10.6. The molecule has 22 heavy (non-hydrogen) atoms. The molecule has 0 amide bonds. The highest BCUT2D eigenvalue weighted by Crippen LogP contribution is 2.11. The minimum Gasteiger partial charge on any atom is -0.352 e. The minimum absolute atomic E-state index is 0.0856. The maximum Gasteiger partial charge on any atom is 0.269 e. The highest BCUT2D eigenvalue weighted by atomic mass is 16.6. The fourth-order valence-corrected chi connectivity index (χ4v) is 1.89. The molecule has 0 spiro atoms. The lowest BCUT2D eigenvalue weighted by Gasteiger charge is -2.12. The number of aliphatic imine (C=N–C) groups is 1. The molecule has 0 bridgehead atoms. The van der Waals surface area contributed by atoms with E-state index in [9.17, 15) is 10.1 Å². The first-order chi connectivity index (χ1) is 10.6. The van der Waals surface area contributed by atoms with Gasteiger partial charge < -0.3 is 10.6 Å². The van der Waals surface area contributed by atoms with Gasteiger partial charge >= 0.3 is 0 Å². The molecule has 0 aliphatic heterocycles. The second-order valence-electron chi connectivity index (χ2n) is 4.65. The molecule has 1 aromatic heterocycles. The van der Waals surface area contributed by atoms with E-state index in [0.717, 1.165) is 11.3 Å². The number of guanidine groups is 1. The zero-order chi connectivity index (χ0) is 15.9. The van der Waals surface area contributed by atoms with Gasteiger partial charge in [-0.15, -0.1) is 0 Å². The number of aryl methyl sites for hydroxylation is 1. The van der Waals surface area contributed by atoms with E-state index in [2.05, 4.69) is 20.7 Å². The molecule has 0 saturated carbocycles. The number of nitrogens with zero attached hydrogens (tertiary/aromatic N) is 4. The second-order valence-corrected chi connectivity index (χ2v) is 4.65. The van der Waals surface area contributed by atoms with E-state index in [1.807, 2.05) is 13.1 Å². The van der Waals surface area contributed by atoms with Crippen molar-refractivity contribution in [2.45, 2.75) is 13.1 Å². The van der Waals surface area contributed by atoms with Gasteiger partial charge in [-0.05, 0) is 11.6 Å². The van der Waals surface area contributed by atoms with Gasteiger partial charge in [-0.1, -0.05) is 12.1 Å². The van der Waals surface area contributed by atoms with Crippen LogP contribution in [0.15, 0.2) is 41.5 Å². The van der Waals surface area contributed by atoms with Gasteiger partial charge in [0.2, 0.25) is 0 Å². The number of nitrogens with one attached hydrogen (secondary N) is 2. The van der Waals surface area contributed by atoms with Crippen LogP contribution in [0.3, 0.4) is 0 Å². The van der Waals surface area contributed by atoms with Crippen LogP contribution in [0.4, 0.5) is 5.69 Å². The summed E-state index contributed by atoms with van der Waals surface area (Å²) in [6.07, 6.45) is 1.74. The van der Waals surface area contributed by atoms with Crippen LogP contribution in [0.2, 0.25) is 0 Å². The number of benzene rings is 1. The summed E-state index contributed by atoms with van der Waals surface area (Å²) < 4.78 is 1.79. The normalized spacial score (nSPS) is 11.3. The zero-order valence-corrected chi connectivity index (χ0v) is 12.5. The Balaban J connectivity index is 1.86. The Morgan fingerprint density at radius 3 is 2.50 bits per heavy atom. The average Bonchev–Trinajstić information content (AvgIpc) is 2.93. The molecule has 0 fully saturated rings. The van der Waals surface area contributed by atoms with Crippen molar-refractivity contribution in [3.8, 4) is 0 Å². The molecular formula is C14H18N6O2. The lowest BCUT2D eigenvalue weighted by Crippen LogP contribution is -2.36. The van der Waals surface area contributed by atoms with E-state index in [1.54, 1.807) is 30.1 Å². The summed E-state index contributed by atoms with van der Waals surface area (Å²) in [7, 11) is 3.57. The summed E-state index contributed by atoms with van der Waals surface area (Å²) in [5.41, 5.74) is 2.06. The number of non-ortho nitro benzene ring substituents is 1. The van der Waals surface area contributed by atoms with Crippen molar-refractivity contribution in [2.75, 3.05) is 7.05 Å². The first-order valence-electron chi connectivity index (χ1n) is 6.75. The third kappa shape index (κ3) is 4.05. The maximum atomic E-state index is 10.6. The molecule has 0 saturated heterocycles. The SMILES string of the molecule is CN=C(NCc1ccc([N+](=O)[O-])cc1)NCc1ccnn1C. The van der Waals surface area contributed by atoms with Crippen molar-refractivity contribution in [1.29, 1.82) is 0 Å². The molecule has 1 heterocycles. The lowest BCUT2D eigenvalue weighted by atomic mass is 10.2. The average molecular weight is 302 g/mol. The third-order valence-corrected chi connectivity index (χ3v) is 3.19. The lowest BCUT2D eigenvalue weighted by molar-refractivity contribution is -0.384. The molecule has 8 nitrogen and oxygen atoms in total. The van der Waals surface area contributed by atoms with Crippen molar-refractivity contribution in [2.24, 2.45) is 12.0 Å². The Hall–Kier alpha value is -2.90. The van der Waals surface area contributed by atoms with Crippen LogP contribution >= 0.6 is 0 Å². The standard InChI is InChI=1S/C14H18N6O2/c1-15-14(17-10-13-7-8-18-19(13)2)16-9-11-3-5-12(6-4-11)20(21)22/h3-8H,9-10H2,1-2H3,(H2,15,16,17). The zero-order valence-electron chi connectivity index (χ0n) is 12.5. The molecule has 0 aliphatic carbocycles. The van der Waals surface area contributed by atoms with E-state index in [4.69, 9.17) is 0 Å².